The number of benzene rings is 1. The fraction of sp³-hybridized carbons (Fsp3) is 0.647. The Labute approximate surface area is 120 Å². The SMILES string of the molecule is C[C@H](O)c1c(F)cccc1N1CCCC1C1CCCC1. The highest BCUT2D eigenvalue weighted by molar-refractivity contribution is 5.56. The summed E-state index contributed by atoms with van der Waals surface area (Å²) in [4.78, 5) is 2.36. The van der Waals surface area contributed by atoms with E-state index < -0.39 is 6.10 Å². The summed E-state index contributed by atoms with van der Waals surface area (Å²) in [5.74, 6) is 0.470. The van der Waals surface area contributed by atoms with Crippen LogP contribution in [0.3, 0.4) is 0 Å². The summed E-state index contributed by atoms with van der Waals surface area (Å²) >= 11 is 0. The number of aliphatic hydroxyl groups excluding tert-OH is 1. The zero-order valence-electron chi connectivity index (χ0n) is 12.2. The molecule has 2 aliphatic rings. The van der Waals surface area contributed by atoms with Gasteiger partial charge in [-0.15, -0.1) is 0 Å². The average molecular weight is 277 g/mol. The van der Waals surface area contributed by atoms with Gasteiger partial charge >= 0.3 is 0 Å². The van der Waals surface area contributed by atoms with Crippen LogP contribution in [-0.4, -0.2) is 17.7 Å². The third-order valence-corrected chi connectivity index (χ3v) is 5.00. The van der Waals surface area contributed by atoms with Crippen molar-refractivity contribution in [3.8, 4) is 0 Å². The van der Waals surface area contributed by atoms with Crippen LogP contribution in [0.2, 0.25) is 0 Å². The summed E-state index contributed by atoms with van der Waals surface area (Å²) in [5.41, 5.74) is 1.38. The van der Waals surface area contributed by atoms with Gasteiger partial charge in [-0.2, -0.15) is 0 Å². The number of hydrogen-bond acceptors (Lipinski definition) is 2. The Morgan fingerprint density at radius 3 is 2.65 bits per heavy atom. The maximum absolute atomic E-state index is 14.1. The minimum atomic E-state index is -0.754. The van der Waals surface area contributed by atoms with E-state index in [1.165, 1.54) is 44.6 Å². The van der Waals surface area contributed by atoms with Crippen molar-refractivity contribution < 1.29 is 9.50 Å². The van der Waals surface area contributed by atoms with E-state index in [-0.39, 0.29) is 5.82 Å². The maximum atomic E-state index is 14.1. The van der Waals surface area contributed by atoms with E-state index in [9.17, 15) is 9.50 Å². The Kier molecular flexibility index (Phi) is 3.97. The standard InChI is InChI=1S/C17H24FNO/c1-12(20)17-14(18)8-4-9-16(17)19-11-5-10-15(19)13-6-2-3-7-13/h4,8-9,12-13,15,20H,2-3,5-7,10-11H2,1H3/t12-,15?/m0/s1. The predicted octanol–water partition coefficient (Wildman–Crippen LogP) is 4.04. The van der Waals surface area contributed by atoms with Gasteiger partial charge in [-0.25, -0.2) is 4.39 Å². The van der Waals surface area contributed by atoms with Gasteiger partial charge in [-0.1, -0.05) is 18.9 Å². The summed E-state index contributed by atoms with van der Waals surface area (Å²) in [6.07, 6.45) is 6.91. The minimum absolute atomic E-state index is 0.283. The van der Waals surface area contributed by atoms with Crippen molar-refractivity contribution in [2.75, 3.05) is 11.4 Å². The molecule has 1 aliphatic carbocycles. The minimum Gasteiger partial charge on any atom is -0.389 e. The second-order valence-corrected chi connectivity index (χ2v) is 6.30. The molecule has 2 atom stereocenters. The molecule has 0 spiro atoms. The van der Waals surface area contributed by atoms with Gasteiger partial charge in [0, 0.05) is 23.8 Å². The van der Waals surface area contributed by atoms with E-state index in [4.69, 9.17) is 0 Å². The van der Waals surface area contributed by atoms with Crippen LogP contribution in [0.1, 0.15) is 57.1 Å². The Morgan fingerprint density at radius 2 is 1.95 bits per heavy atom. The molecule has 1 unspecified atom stereocenters. The summed E-state index contributed by atoms with van der Waals surface area (Å²) < 4.78 is 14.1. The molecular weight excluding hydrogens is 253 g/mol. The van der Waals surface area contributed by atoms with E-state index in [0.29, 0.717) is 11.6 Å². The molecule has 0 radical (unpaired) electrons. The molecule has 1 saturated heterocycles. The van der Waals surface area contributed by atoms with E-state index in [1.807, 2.05) is 6.07 Å². The fourth-order valence-electron chi connectivity index (χ4n) is 4.11. The van der Waals surface area contributed by atoms with Crippen molar-refractivity contribution in [3.05, 3.63) is 29.6 Å². The second-order valence-electron chi connectivity index (χ2n) is 6.30. The highest BCUT2D eigenvalue weighted by atomic mass is 19.1. The number of anilines is 1. The third-order valence-electron chi connectivity index (χ3n) is 5.00. The lowest BCUT2D eigenvalue weighted by Gasteiger charge is -2.33. The Bertz CT molecular complexity index is 468. The van der Waals surface area contributed by atoms with Gasteiger partial charge in [0.1, 0.15) is 5.82 Å². The maximum Gasteiger partial charge on any atom is 0.131 e. The molecule has 3 rings (SSSR count). The molecule has 1 saturated carbocycles. The summed E-state index contributed by atoms with van der Waals surface area (Å²) in [7, 11) is 0. The van der Waals surface area contributed by atoms with E-state index >= 15 is 0 Å². The van der Waals surface area contributed by atoms with Crippen LogP contribution in [0.4, 0.5) is 10.1 Å². The highest BCUT2D eigenvalue weighted by Gasteiger charge is 2.35. The lowest BCUT2D eigenvalue weighted by Crippen LogP contribution is -2.35. The lowest BCUT2D eigenvalue weighted by molar-refractivity contribution is 0.194. The Morgan fingerprint density at radius 1 is 1.20 bits per heavy atom. The number of nitrogens with zero attached hydrogens (tertiary/aromatic N) is 1. The van der Waals surface area contributed by atoms with E-state index in [0.717, 1.165) is 18.2 Å². The molecule has 1 aromatic rings. The monoisotopic (exact) mass is 277 g/mol. The zero-order valence-corrected chi connectivity index (χ0v) is 12.2. The molecule has 1 N–H and O–H groups in total. The van der Waals surface area contributed by atoms with Crippen LogP contribution in [0.15, 0.2) is 18.2 Å². The van der Waals surface area contributed by atoms with Crippen molar-refractivity contribution >= 4 is 5.69 Å². The van der Waals surface area contributed by atoms with Crippen molar-refractivity contribution in [1.29, 1.82) is 0 Å². The molecule has 3 heteroatoms. The summed E-state index contributed by atoms with van der Waals surface area (Å²) in [6, 6.07) is 5.72. The molecular formula is C17H24FNO. The van der Waals surface area contributed by atoms with Crippen LogP contribution in [-0.2, 0) is 0 Å². The van der Waals surface area contributed by atoms with Crippen LogP contribution in [0.25, 0.3) is 0 Å². The van der Waals surface area contributed by atoms with Crippen molar-refractivity contribution in [2.24, 2.45) is 5.92 Å². The number of halogens is 1. The van der Waals surface area contributed by atoms with Gasteiger partial charge in [-0.05, 0) is 50.7 Å². The number of hydrogen-bond donors (Lipinski definition) is 1. The first-order valence-corrected chi connectivity index (χ1v) is 7.91. The van der Waals surface area contributed by atoms with Crippen LogP contribution >= 0.6 is 0 Å². The van der Waals surface area contributed by atoms with E-state index in [2.05, 4.69) is 4.90 Å². The Balaban J connectivity index is 1.93. The van der Waals surface area contributed by atoms with Gasteiger partial charge in [0.2, 0.25) is 0 Å². The summed E-state index contributed by atoms with van der Waals surface area (Å²) in [5, 5.41) is 9.93. The van der Waals surface area contributed by atoms with Gasteiger partial charge in [0.15, 0.2) is 0 Å². The van der Waals surface area contributed by atoms with Crippen molar-refractivity contribution in [1.82, 2.24) is 0 Å². The van der Waals surface area contributed by atoms with Gasteiger partial charge < -0.3 is 10.0 Å². The quantitative estimate of drug-likeness (QED) is 0.901. The smallest absolute Gasteiger partial charge is 0.131 e. The normalized spacial score (nSPS) is 25.4. The fourth-order valence-corrected chi connectivity index (χ4v) is 4.11. The highest BCUT2D eigenvalue weighted by Crippen LogP contribution is 2.40. The van der Waals surface area contributed by atoms with Crippen molar-refractivity contribution in [2.45, 2.75) is 57.6 Å². The number of rotatable bonds is 3. The molecule has 1 aliphatic heterocycles. The molecule has 0 bridgehead atoms. The Hall–Kier alpha value is -1.09. The van der Waals surface area contributed by atoms with Gasteiger partial charge in [0.25, 0.3) is 0 Å². The largest absolute Gasteiger partial charge is 0.389 e. The van der Waals surface area contributed by atoms with E-state index in [1.54, 1.807) is 13.0 Å². The van der Waals surface area contributed by atoms with Gasteiger partial charge in [0.05, 0.1) is 6.10 Å². The second kappa shape index (κ2) is 5.72. The molecule has 20 heavy (non-hydrogen) atoms. The molecule has 1 heterocycles. The third kappa shape index (κ3) is 2.44. The number of aliphatic hydroxyl groups is 1. The van der Waals surface area contributed by atoms with Crippen LogP contribution in [0.5, 0.6) is 0 Å². The molecule has 0 amide bonds. The first-order valence-electron chi connectivity index (χ1n) is 7.91. The lowest BCUT2D eigenvalue weighted by atomic mass is 9.95. The van der Waals surface area contributed by atoms with Crippen LogP contribution < -0.4 is 4.90 Å². The zero-order chi connectivity index (χ0) is 14.1. The molecule has 2 nitrogen and oxygen atoms in total. The molecule has 2 fully saturated rings. The van der Waals surface area contributed by atoms with Gasteiger partial charge in [-0.3, -0.25) is 0 Å². The first kappa shape index (κ1) is 13.9. The summed E-state index contributed by atoms with van der Waals surface area (Å²) in [6.45, 7) is 2.65. The average Bonchev–Trinajstić information content (AvgIpc) is 3.08. The van der Waals surface area contributed by atoms with Crippen molar-refractivity contribution in [3.63, 3.8) is 0 Å². The molecule has 0 aromatic heterocycles. The molecule has 1 aromatic carbocycles. The first-order chi connectivity index (χ1) is 9.68. The topological polar surface area (TPSA) is 23.5 Å². The predicted molar refractivity (Wildman–Crippen MR) is 79.4 cm³/mol. The molecule has 110 valence electrons. The van der Waals surface area contributed by atoms with Crippen LogP contribution in [0, 0.1) is 11.7 Å².